The van der Waals surface area contributed by atoms with Crippen LogP contribution in [-0.2, 0) is 12.3 Å². The molecular weight excluding hydrogens is 362 g/mol. The molecule has 1 N–H and O–H groups in total. The van der Waals surface area contributed by atoms with Crippen molar-refractivity contribution in [2.45, 2.75) is 63.5 Å². The maximum atomic E-state index is 14.7. The lowest BCUT2D eigenvalue weighted by Crippen LogP contribution is -2.47. The second-order valence-electron chi connectivity index (χ2n) is 8.28. The van der Waals surface area contributed by atoms with Gasteiger partial charge in [-0.3, -0.25) is 4.68 Å². The zero-order valence-electron chi connectivity index (χ0n) is 16.2. The maximum absolute atomic E-state index is 14.7. The van der Waals surface area contributed by atoms with Gasteiger partial charge in [0.05, 0.1) is 17.9 Å². The Morgan fingerprint density at radius 3 is 2.71 bits per heavy atom. The second kappa shape index (κ2) is 6.76. The van der Waals surface area contributed by atoms with Gasteiger partial charge in [0, 0.05) is 36.3 Å². The predicted molar refractivity (Wildman–Crippen MR) is 103 cm³/mol. The molecule has 3 aliphatic rings. The summed E-state index contributed by atoms with van der Waals surface area (Å²) in [6.07, 6.45) is 7.76. The lowest BCUT2D eigenvalue weighted by Gasteiger charge is -2.39. The number of alkyl halides is 2. The van der Waals surface area contributed by atoms with Crippen molar-refractivity contribution in [1.29, 1.82) is 0 Å². The van der Waals surface area contributed by atoms with Crippen molar-refractivity contribution in [3.63, 3.8) is 0 Å². The largest absolute Gasteiger partial charge is 0.338 e. The van der Waals surface area contributed by atoms with Crippen molar-refractivity contribution in [2.24, 2.45) is 0 Å². The summed E-state index contributed by atoms with van der Waals surface area (Å²) >= 11 is 0. The van der Waals surface area contributed by atoms with E-state index in [4.69, 9.17) is 4.98 Å². The van der Waals surface area contributed by atoms with E-state index in [1.807, 2.05) is 15.8 Å². The van der Waals surface area contributed by atoms with Crippen LogP contribution in [0.15, 0.2) is 12.4 Å². The molecule has 2 aromatic rings. The Balaban J connectivity index is 1.58. The molecule has 2 fully saturated rings. The predicted octanol–water partition coefficient (Wildman–Crippen LogP) is 3.29. The van der Waals surface area contributed by atoms with Gasteiger partial charge in [-0.1, -0.05) is 0 Å². The average molecular weight is 388 g/mol. The number of fused-ring (bicyclic) bond motifs is 1. The number of nitrogens with zero attached hydrogens (tertiary/aromatic N) is 5. The number of aromatic nitrogens is 4. The van der Waals surface area contributed by atoms with Crippen molar-refractivity contribution in [3.8, 4) is 11.3 Å². The molecule has 1 atom stereocenters. The molecule has 2 saturated heterocycles. The summed E-state index contributed by atoms with van der Waals surface area (Å²) in [6, 6.07) is 0.643. The van der Waals surface area contributed by atoms with Crippen LogP contribution in [0.2, 0.25) is 0 Å². The van der Waals surface area contributed by atoms with Gasteiger partial charge >= 0.3 is 0 Å². The highest BCUT2D eigenvalue weighted by Crippen LogP contribution is 2.43. The third-order valence-corrected chi connectivity index (χ3v) is 6.39. The number of anilines is 1. The van der Waals surface area contributed by atoms with Crippen LogP contribution in [0.25, 0.3) is 11.3 Å². The third kappa shape index (κ3) is 2.98. The molecule has 5 rings (SSSR count). The molecule has 0 aromatic carbocycles. The minimum absolute atomic E-state index is 0.0764. The first-order valence-corrected chi connectivity index (χ1v) is 10.3. The molecule has 0 radical (unpaired) electrons. The molecule has 8 heteroatoms. The van der Waals surface area contributed by atoms with Gasteiger partial charge in [0.2, 0.25) is 5.95 Å². The molecule has 2 aromatic heterocycles. The fourth-order valence-corrected chi connectivity index (χ4v) is 4.53. The smallest absolute Gasteiger partial charge is 0.290 e. The van der Waals surface area contributed by atoms with Crippen molar-refractivity contribution < 1.29 is 8.78 Å². The topological polar surface area (TPSA) is 58.9 Å². The fourth-order valence-electron chi connectivity index (χ4n) is 4.53. The summed E-state index contributed by atoms with van der Waals surface area (Å²) in [7, 11) is 0. The molecule has 0 saturated carbocycles. The van der Waals surface area contributed by atoms with E-state index in [1.165, 1.54) is 0 Å². The fraction of sp³-hybridized carbons (Fsp3) is 0.650. The molecular formula is C20H26F2N6. The number of hydrogen-bond acceptors (Lipinski definition) is 5. The zero-order chi connectivity index (χ0) is 19.3. The molecule has 6 nitrogen and oxygen atoms in total. The van der Waals surface area contributed by atoms with Crippen molar-refractivity contribution in [3.05, 3.63) is 23.7 Å². The summed E-state index contributed by atoms with van der Waals surface area (Å²) in [5, 5.41) is 7.91. The second-order valence-corrected chi connectivity index (χ2v) is 8.28. The van der Waals surface area contributed by atoms with Gasteiger partial charge in [-0.2, -0.15) is 13.9 Å². The van der Waals surface area contributed by atoms with E-state index in [-0.39, 0.29) is 12.1 Å². The molecule has 1 aliphatic carbocycles. The van der Waals surface area contributed by atoms with Crippen molar-refractivity contribution in [1.82, 2.24) is 25.1 Å². The first-order valence-electron chi connectivity index (χ1n) is 10.3. The van der Waals surface area contributed by atoms with Gasteiger partial charge in [-0.25, -0.2) is 9.97 Å². The van der Waals surface area contributed by atoms with Crippen LogP contribution < -0.4 is 10.2 Å². The Bertz CT molecular complexity index is 874. The molecule has 1 unspecified atom stereocenters. The van der Waals surface area contributed by atoms with Crippen LogP contribution in [-0.4, -0.2) is 45.4 Å². The zero-order valence-corrected chi connectivity index (χ0v) is 16.2. The van der Waals surface area contributed by atoms with Gasteiger partial charge in [-0.05, 0) is 52.1 Å². The van der Waals surface area contributed by atoms with Crippen molar-refractivity contribution in [2.75, 3.05) is 24.5 Å². The Morgan fingerprint density at radius 1 is 1.18 bits per heavy atom. The third-order valence-electron chi connectivity index (χ3n) is 6.39. The summed E-state index contributed by atoms with van der Waals surface area (Å²) in [6.45, 7) is 4.86. The lowest BCUT2D eigenvalue weighted by molar-refractivity contribution is -0.0263. The van der Waals surface area contributed by atoms with Gasteiger partial charge in [-0.15, -0.1) is 0 Å². The normalized spacial score (nSPS) is 24.7. The highest BCUT2D eigenvalue weighted by atomic mass is 19.3. The molecule has 4 heterocycles. The van der Waals surface area contributed by atoms with Gasteiger partial charge < -0.3 is 10.2 Å². The van der Waals surface area contributed by atoms with Crippen LogP contribution in [0.3, 0.4) is 0 Å². The number of piperidine rings is 1. The standard InChI is InChI=1S/C20H26F2N6/c1-13-6-10-27(13)19-25-17(16-3-2-7-20(21,22)18(16)26-19)14-11-24-28(12-14)15-4-8-23-9-5-15/h11-13,15,23H,2-10H2,1H3. The maximum Gasteiger partial charge on any atom is 0.290 e. The minimum Gasteiger partial charge on any atom is -0.338 e. The summed E-state index contributed by atoms with van der Waals surface area (Å²) in [5.41, 5.74) is 1.98. The quantitative estimate of drug-likeness (QED) is 0.874. The Kier molecular flexibility index (Phi) is 4.34. The molecule has 28 heavy (non-hydrogen) atoms. The molecule has 2 aliphatic heterocycles. The first kappa shape index (κ1) is 18.0. The minimum atomic E-state index is -2.89. The highest BCUT2D eigenvalue weighted by Gasteiger charge is 2.41. The van der Waals surface area contributed by atoms with E-state index in [0.29, 0.717) is 42.1 Å². The summed E-state index contributed by atoms with van der Waals surface area (Å²) in [4.78, 5) is 11.1. The van der Waals surface area contributed by atoms with Crippen molar-refractivity contribution >= 4 is 5.95 Å². The van der Waals surface area contributed by atoms with Gasteiger partial charge in [0.15, 0.2) is 0 Å². The summed E-state index contributed by atoms with van der Waals surface area (Å²) < 4.78 is 31.4. The number of rotatable bonds is 3. The van der Waals surface area contributed by atoms with Crippen LogP contribution in [0.4, 0.5) is 14.7 Å². The van der Waals surface area contributed by atoms with Crippen LogP contribution in [0, 0.1) is 0 Å². The van der Waals surface area contributed by atoms with E-state index in [9.17, 15) is 8.78 Å². The first-order chi connectivity index (χ1) is 13.5. The van der Waals surface area contributed by atoms with Crippen LogP contribution in [0.1, 0.15) is 56.3 Å². The SMILES string of the molecule is CC1CCN1c1nc(-c2cnn(C3CCNCC3)c2)c2c(n1)C(F)(F)CCC2. The van der Waals surface area contributed by atoms with E-state index < -0.39 is 5.92 Å². The molecule has 0 bridgehead atoms. The highest BCUT2D eigenvalue weighted by molar-refractivity contribution is 5.65. The van der Waals surface area contributed by atoms with E-state index in [2.05, 4.69) is 22.3 Å². The Hall–Kier alpha value is -2.09. The molecule has 0 spiro atoms. The lowest BCUT2D eigenvalue weighted by atomic mass is 9.90. The van der Waals surface area contributed by atoms with E-state index in [0.717, 1.165) is 44.5 Å². The van der Waals surface area contributed by atoms with E-state index in [1.54, 1.807) is 6.20 Å². The molecule has 150 valence electrons. The molecule has 0 amide bonds. The van der Waals surface area contributed by atoms with Gasteiger partial charge in [0.1, 0.15) is 5.69 Å². The van der Waals surface area contributed by atoms with Crippen LogP contribution >= 0.6 is 0 Å². The Labute approximate surface area is 163 Å². The number of nitrogens with one attached hydrogen (secondary N) is 1. The van der Waals surface area contributed by atoms with Gasteiger partial charge in [0.25, 0.3) is 5.92 Å². The summed E-state index contributed by atoms with van der Waals surface area (Å²) in [5.74, 6) is -2.46. The Morgan fingerprint density at radius 2 is 2.00 bits per heavy atom. The number of halogens is 2. The number of hydrogen-bond donors (Lipinski definition) is 1. The van der Waals surface area contributed by atoms with E-state index >= 15 is 0 Å². The average Bonchev–Trinajstić information content (AvgIpc) is 3.17. The monoisotopic (exact) mass is 388 g/mol. The van der Waals surface area contributed by atoms with Crippen LogP contribution in [0.5, 0.6) is 0 Å².